The molecule has 10 heteroatoms. The van der Waals surface area contributed by atoms with Gasteiger partial charge in [0.2, 0.25) is 0 Å². The quantitative estimate of drug-likeness (QED) is 0.0776. The van der Waals surface area contributed by atoms with E-state index in [0.29, 0.717) is 30.4 Å². The average Bonchev–Trinajstić information content (AvgIpc) is 2.96. The number of hydrogen-bond acceptors (Lipinski definition) is 8. The second-order valence-electron chi connectivity index (χ2n) is 10.7. The minimum Gasteiger partial charge on any atom is -0.491 e. The number of alkyl halides is 1. The molecule has 1 aromatic heterocycles. The van der Waals surface area contributed by atoms with Crippen molar-refractivity contribution in [3.8, 4) is 17.6 Å². The molecule has 0 spiro atoms. The Labute approximate surface area is 261 Å². The fraction of sp³-hybridized carbons (Fsp3) is 0.469. The van der Waals surface area contributed by atoms with Gasteiger partial charge in [-0.25, -0.2) is 9.97 Å². The molecule has 3 rings (SSSR count). The second-order valence-corrected chi connectivity index (χ2v) is 11.8. The first-order valence-corrected chi connectivity index (χ1v) is 15.3. The van der Waals surface area contributed by atoms with Gasteiger partial charge in [0.05, 0.1) is 11.4 Å². The SMILES string of the molecule is CC.CCCc1cc(C(C)(C)c2ccc(OCc3cnc(N[N+](C)(O)S)nc3)c(C(C)C)c2)cc(C#N)c1OCCCl. The maximum absolute atomic E-state index is 9.94. The van der Waals surface area contributed by atoms with E-state index in [1.807, 2.05) is 26.0 Å². The zero-order valence-corrected chi connectivity index (χ0v) is 27.7. The molecule has 1 atom stereocenters. The van der Waals surface area contributed by atoms with Crippen molar-refractivity contribution in [1.29, 1.82) is 5.26 Å². The van der Waals surface area contributed by atoms with Crippen LogP contribution in [0.25, 0.3) is 0 Å². The molecule has 0 amide bonds. The number of hydroxylamine groups is 1. The van der Waals surface area contributed by atoms with Crippen molar-refractivity contribution in [2.75, 3.05) is 25.0 Å². The van der Waals surface area contributed by atoms with Gasteiger partial charge >= 0.3 is 0 Å². The van der Waals surface area contributed by atoms with Gasteiger partial charge < -0.3 is 9.47 Å². The molecule has 1 unspecified atom stereocenters. The lowest BCUT2D eigenvalue weighted by Crippen LogP contribution is -2.36. The van der Waals surface area contributed by atoms with E-state index in [2.05, 4.69) is 87.1 Å². The molecule has 3 aromatic rings. The predicted octanol–water partition coefficient (Wildman–Crippen LogP) is 7.98. The Morgan fingerprint density at radius 2 is 1.79 bits per heavy atom. The molecule has 2 N–H and O–H groups in total. The minimum atomic E-state index is -0.778. The highest BCUT2D eigenvalue weighted by atomic mass is 35.5. The Hall–Kier alpha value is -3.03. The number of aryl methyl sites for hydroxylation is 1. The standard InChI is InChI=1S/C30H39ClN5O3S.C2H6/c1-7-8-22-13-25(14-23(16-32)28(22)38-12-11-31)30(4,5)24-9-10-27(26(15-24)20(2)3)39-19-21-17-33-29(34-18-21)35-36(6,37)40;1-2/h9-10,13-15,17-18,20,37,40H,7-8,11-12,19H2,1-6H3,(H,33,34,35);1-2H3/q+1;. The average molecular weight is 615 g/mol. The number of ether oxygens (including phenoxy) is 2. The summed E-state index contributed by atoms with van der Waals surface area (Å²) in [6, 6.07) is 12.7. The Kier molecular flexibility index (Phi) is 13.4. The van der Waals surface area contributed by atoms with Crippen LogP contribution in [0, 0.1) is 11.3 Å². The zero-order chi connectivity index (χ0) is 31.5. The highest BCUT2D eigenvalue weighted by Crippen LogP contribution is 2.39. The third-order valence-electron chi connectivity index (χ3n) is 6.62. The van der Waals surface area contributed by atoms with Crippen LogP contribution in [0.1, 0.15) is 94.2 Å². The van der Waals surface area contributed by atoms with Crippen molar-refractivity contribution in [2.45, 2.75) is 79.2 Å². The van der Waals surface area contributed by atoms with Gasteiger partial charge in [-0.1, -0.05) is 73.1 Å². The van der Waals surface area contributed by atoms with Crippen molar-refractivity contribution in [3.63, 3.8) is 0 Å². The highest BCUT2D eigenvalue weighted by Gasteiger charge is 2.27. The normalized spacial score (nSPS) is 12.5. The van der Waals surface area contributed by atoms with E-state index in [-0.39, 0.29) is 17.3 Å². The van der Waals surface area contributed by atoms with Crippen molar-refractivity contribution < 1.29 is 18.8 Å². The summed E-state index contributed by atoms with van der Waals surface area (Å²) in [6.45, 7) is 15.4. The molecular formula is C32H45ClN5O3S+. The first-order valence-electron chi connectivity index (χ1n) is 14.3. The van der Waals surface area contributed by atoms with Gasteiger partial charge in [-0.15, -0.1) is 11.6 Å². The second kappa shape index (κ2) is 16.0. The molecule has 0 saturated carbocycles. The van der Waals surface area contributed by atoms with E-state index in [4.69, 9.17) is 21.1 Å². The van der Waals surface area contributed by atoms with E-state index in [9.17, 15) is 10.5 Å². The summed E-state index contributed by atoms with van der Waals surface area (Å²) < 4.78 is 11.3. The molecule has 0 radical (unpaired) electrons. The number of aromatic nitrogens is 2. The van der Waals surface area contributed by atoms with Crippen LogP contribution in [-0.2, 0) is 18.4 Å². The Morgan fingerprint density at radius 1 is 1.12 bits per heavy atom. The number of nitrogens with zero attached hydrogens (tertiary/aromatic N) is 4. The maximum atomic E-state index is 9.94. The van der Waals surface area contributed by atoms with Crippen molar-refractivity contribution >= 4 is 30.4 Å². The molecule has 8 nitrogen and oxygen atoms in total. The first kappa shape index (κ1) is 35.2. The van der Waals surface area contributed by atoms with Crippen molar-refractivity contribution in [3.05, 3.63) is 76.1 Å². The van der Waals surface area contributed by atoms with Gasteiger partial charge in [0.25, 0.3) is 5.95 Å². The molecule has 0 aliphatic heterocycles. The molecule has 0 aliphatic rings. The van der Waals surface area contributed by atoms with Gasteiger partial charge in [-0.3, -0.25) is 0 Å². The number of thiol groups is 1. The topological polar surface area (TPSA) is 100 Å². The van der Waals surface area contributed by atoms with Gasteiger partial charge in [-0.2, -0.15) is 15.9 Å². The Balaban J connectivity index is 0.00000301. The van der Waals surface area contributed by atoms with Crippen LogP contribution in [0.15, 0.2) is 42.7 Å². The summed E-state index contributed by atoms with van der Waals surface area (Å²) in [5.74, 6) is 2.27. The van der Waals surface area contributed by atoms with Crippen LogP contribution < -0.4 is 14.9 Å². The fourth-order valence-corrected chi connectivity index (χ4v) is 4.59. The summed E-state index contributed by atoms with van der Waals surface area (Å²) in [6.07, 6.45) is 5.04. The van der Waals surface area contributed by atoms with E-state index in [1.165, 1.54) is 7.05 Å². The Morgan fingerprint density at radius 3 is 2.33 bits per heavy atom. The van der Waals surface area contributed by atoms with Crippen molar-refractivity contribution in [1.82, 2.24) is 9.97 Å². The van der Waals surface area contributed by atoms with Gasteiger partial charge in [0.15, 0.2) is 0 Å². The van der Waals surface area contributed by atoms with Crippen LogP contribution >= 0.6 is 24.4 Å². The van der Waals surface area contributed by atoms with Gasteiger partial charge in [-0.05, 0) is 50.9 Å². The molecular weight excluding hydrogens is 570 g/mol. The van der Waals surface area contributed by atoms with E-state index >= 15 is 0 Å². The summed E-state index contributed by atoms with van der Waals surface area (Å²) in [7, 11) is 1.43. The van der Waals surface area contributed by atoms with E-state index in [1.54, 1.807) is 12.4 Å². The summed E-state index contributed by atoms with van der Waals surface area (Å²) in [4.78, 5) is 8.41. The van der Waals surface area contributed by atoms with E-state index < -0.39 is 4.16 Å². The minimum absolute atomic E-state index is 0.223. The van der Waals surface area contributed by atoms with Crippen LogP contribution in [0.3, 0.4) is 0 Å². The third kappa shape index (κ3) is 9.50. The summed E-state index contributed by atoms with van der Waals surface area (Å²) in [5, 5.41) is 19.6. The highest BCUT2D eigenvalue weighted by molar-refractivity contribution is 7.74. The number of quaternary nitrogens is 1. The number of nitriles is 1. The first-order chi connectivity index (χ1) is 19.9. The molecule has 0 fully saturated rings. The number of halogens is 1. The number of hydrogen-bond donors (Lipinski definition) is 3. The third-order valence-corrected chi connectivity index (χ3v) is 6.87. The Bertz CT molecular complexity index is 1340. The van der Waals surface area contributed by atoms with Crippen molar-refractivity contribution in [2.24, 2.45) is 0 Å². The maximum Gasteiger partial charge on any atom is 0.273 e. The molecule has 0 saturated heterocycles. The molecule has 42 heavy (non-hydrogen) atoms. The largest absolute Gasteiger partial charge is 0.491 e. The molecule has 0 aliphatic carbocycles. The fourth-order valence-electron chi connectivity index (χ4n) is 4.42. The molecule has 2 aromatic carbocycles. The van der Waals surface area contributed by atoms with Gasteiger partial charge in [0, 0.05) is 23.4 Å². The number of benzene rings is 2. The van der Waals surface area contributed by atoms with Crippen LogP contribution in [0.5, 0.6) is 11.5 Å². The van der Waals surface area contributed by atoms with Gasteiger partial charge in [0.1, 0.15) is 50.6 Å². The number of nitrogens with one attached hydrogen (secondary N) is 1. The van der Waals surface area contributed by atoms with Crippen LogP contribution in [0.2, 0.25) is 0 Å². The van der Waals surface area contributed by atoms with Crippen LogP contribution in [0.4, 0.5) is 5.95 Å². The summed E-state index contributed by atoms with van der Waals surface area (Å²) in [5.41, 5.74) is 7.88. The monoisotopic (exact) mass is 614 g/mol. The predicted molar refractivity (Wildman–Crippen MR) is 172 cm³/mol. The zero-order valence-electron chi connectivity index (χ0n) is 26.0. The molecule has 1 heterocycles. The molecule has 0 bridgehead atoms. The smallest absolute Gasteiger partial charge is 0.273 e. The summed E-state index contributed by atoms with van der Waals surface area (Å²) >= 11 is 9.82. The molecule has 228 valence electrons. The van der Waals surface area contributed by atoms with E-state index in [0.717, 1.165) is 46.4 Å². The number of anilines is 1. The lowest BCUT2D eigenvalue weighted by atomic mass is 9.75. The van der Waals surface area contributed by atoms with Crippen LogP contribution in [-0.4, -0.2) is 38.9 Å². The lowest BCUT2D eigenvalue weighted by molar-refractivity contribution is -0.955. The lowest BCUT2D eigenvalue weighted by Gasteiger charge is -2.29. The number of rotatable bonds is 13.